The molecule has 20 heavy (non-hydrogen) atoms. The third-order valence-corrected chi connectivity index (χ3v) is 5.27. The van der Waals surface area contributed by atoms with E-state index in [0.29, 0.717) is 6.42 Å². The molecule has 5 rings (SSSR count). The number of imide groups is 1. The fraction of sp³-hybridized carbons (Fsp3) is 0.643. The lowest BCUT2D eigenvalue weighted by molar-refractivity contribution is -0.154. The van der Waals surface area contributed by atoms with E-state index in [1.54, 1.807) is 5.01 Å². The molecule has 7 atom stereocenters. The van der Waals surface area contributed by atoms with Gasteiger partial charge in [-0.2, -0.15) is 5.01 Å². The van der Waals surface area contributed by atoms with Crippen LogP contribution in [0.5, 0.6) is 0 Å². The van der Waals surface area contributed by atoms with Crippen LogP contribution in [0.15, 0.2) is 12.2 Å². The molecular formula is C14H14N2O4. The Labute approximate surface area is 115 Å². The quantitative estimate of drug-likeness (QED) is 0.371. The molecular weight excluding hydrogens is 260 g/mol. The van der Waals surface area contributed by atoms with Crippen LogP contribution in [0.25, 0.3) is 0 Å². The molecule has 3 saturated heterocycles. The zero-order valence-corrected chi connectivity index (χ0v) is 10.8. The maximum Gasteiger partial charge on any atom is 0.250 e. The smallest absolute Gasteiger partial charge is 0.250 e. The van der Waals surface area contributed by atoms with Crippen molar-refractivity contribution in [3.63, 3.8) is 0 Å². The van der Waals surface area contributed by atoms with Crippen molar-refractivity contribution in [1.82, 2.24) is 10.0 Å². The molecule has 4 aliphatic heterocycles. The molecule has 5 aliphatic rings. The molecule has 0 radical (unpaired) electrons. The molecule has 2 bridgehead atoms. The zero-order chi connectivity index (χ0) is 13.6. The Balaban J connectivity index is 1.48. The summed E-state index contributed by atoms with van der Waals surface area (Å²) in [6.07, 6.45) is 5.55. The predicted octanol–water partition coefficient (Wildman–Crippen LogP) is -0.354. The molecule has 6 nitrogen and oxygen atoms in total. The number of carbonyl (C=O) groups is 3. The van der Waals surface area contributed by atoms with E-state index in [9.17, 15) is 14.4 Å². The molecule has 3 unspecified atom stereocenters. The average Bonchev–Trinajstić information content (AvgIpc) is 2.75. The van der Waals surface area contributed by atoms with Gasteiger partial charge in [-0.15, -0.1) is 0 Å². The number of rotatable bonds is 1. The second-order valence-corrected chi connectivity index (χ2v) is 6.24. The lowest BCUT2D eigenvalue weighted by atomic mass is 9.85. The van der Waals surface area contributed by atoms with E-state index in [0.717, 1.165) is 12.8 Å². The van der Waals surface area contributed by atoms with Crippen molar-refractivity contribution in [2.24, 2.45) is 11.8 Å². The standard InChI is InChI=1S/C14H14N2O4/c17-7-3-1-2-6-12(7)15(6)16-13(18)10-8-4-5-9(20-8)11(10)14(16)19/h4-6,8-12H,1-3H2/t6?,8-,9+,10-,11+,12?,15?. The maximum absolute atomic E-state index is 12.6. The summed E-state index contributed by atoms with van der Waals surface area (Å²) >= 11 is 0. The number of ether oxygens (including phenoxy) is 1. The highest BCUT2D eigenvalue weighted by Crippen LogP contribution is 2.49. The highest BCUT2D eigenvalue weighted by molar-refractivity contribution is 6.07. The Kier molecular flexibility index (Phi) is 1.88. The van der Waals surface area contributed by atoms with E-state index < -0.39 is 0 Å². The van der Waals surface area contributed by atoms with Crippen LogP contribution in [-0.2, 0) is 19.1 Å². The van der Waals surface area contributed by atoms with E-state index in [1.807, 2.05) is 12.2 Å². The first kappa shape index (κ1) is 11.2. The highest BCUT2D eigenvalue weighted by atomic mass is 16.5. The van der Waals surface area contributed by atoms with Crippen LogP contribution in [0, 0.1) is 11.8 Å². The molecule has 1 saturated carbocycles. The first-order chi connectivity index (χ1) is 9.68. The minimum absolute atomic E-state index is 0.0644. The summed E-state index contributed by atoms with van der Waals surface area (Å²) in [5, 5.41) is 2.99. The molecule has 0 N–H and O–H groups in total. The number of Topliss-reactive ketones (excluding diaryl/α,β-unsaturated/α-hetero) is 1. The number of hydrogen-bond acceptors (Lipinski definition) is 5. The van der Waals surface area contributed by atoms with Gasteiger partial charge in [-0.1, -0.05) is 12.2 Å². The largest absolute Gasteiger partial charge is 0.365 e. The van der Waals surface area contributed by atoms with Crippen LogP contribution in [0.2, 0.25) is 0 Å². The van der Waals surface area contributed by atoms with Crippen molar-refractivity contribution in [3.05, 3.63) is 12.2 Å². The predicted molar refractivity (Wildman–Crippen MR) is 64.9 cm³/mol. The van der Waals surface area contributed by atoms with Gasteiger partial charge in [0.15, 0.2) is 5.78 Å². The van der Waals surface area contributed by atoms with Crippen molar-refractivity contribution in [2.75, 3.05) is 0 Å². The number of hydrogen-bond donors (Lipinski definition) is 0. The Morgan fingerprint density at radius 2 is 1.70 bits per heavy atom. The monoisotopic (exact) mass is 274 g/mol. The van der Waals surface area contributed by atoms with Gasteiger partial charge in [0, 0.05) is 6.42 Å². The molecule has 0 aromatic carbocycles. The number of fused-ring (bicyclic) bond motifs is 6. The van der Waals surface area contributed by atoms with Crippen LogP contribution < -0.4 is 0 Å². The Morgan fingerprint density at radius 1 is 1.05 bits per heavy atom. The average molecular weight is 274 g/mol. The SMILES string of the molecule is O=C1CCCC2C1N2N1C(=O)[C@@H]2[C@H](C1=O)[C@H]1C=C[C@@H]2O1. The van der Waals surface area contributed by atoms with Crippen molar-refractivity contribution in [2.45, 2.75) is 43.6 Å². The van der Waals surface area contributed by atoms with Gasteiger partial charge >= 0.3 is 0 Å². The molecule has 4 heterocycles. The number of nitrogens with zero attached hydrogens (tertiary/aromatic N) is 2. The van der Waals surface area contributed by atoms with Crippen LogP contribution in [0.4, 0.5) is 0 Å². The second kappa shape index (κ2) is 3.38. The summed E-state index contributed by atoms with van der Waals surface area (Å²) in [7, 11) is 0. The van der Waals surface area contributed by atoms with Crippen molar-refractivity contribution in [3.8, 4) is 0 Å². The molecule has 1 aliphatic carbocycles. The molecule has 2 amide bonds. The maximum atomic E-state index is 12.6. The summed E-state index contributed by atoms with van der Waals surface area (Å²) in [5.74, 6) is -0.958. The van der Waals surface area contributed by atoms with Crippen molar-refractivity contribution >= 4 is 17.6 Å². The van der Waals surface area contributed by atoms with E-state index in [-0.39, 0.29) is 53.7 Å². The van der Waals surface area contributed by atoms with Crippen LogP contribution in [-0.4, -0.2) is 51.9 Å². The molecule has 0 spiro atoms. The molecule has 6 heteroatoms. The fourth-order valence-electron chi connectivity index (χ4n) is 4.34. The van der Waals surface area contributed by atoms with Gasteiger partial charge in [-0.3, -0.25) is 14.4 Å². The third-order valence-electron chi connectivity index (χ3n) is 5.27. The minimum Gasteiger partial charge on any atom is -0.365 e. The first-order valence-electron chi connectivity index (χ1n) is 7.21. The first-order valence-corrected chi connectivity index (χ1v) is 7.21. The zero-order valence-electron chi connectivity index (χ0n) is 10.8. The Hall–Kier alpha value is -1.53. The van der Waals surface area contributed by atoms with Gasteiger partial charge in [0.1, 0.15) is 6.04 Å². The summed E-state index contributed by atoms with van der Waals surface area (Å²) in [6, 6.07) is -0.170. The second-order valence-electron chi connectivity index (χ2n) is 6.24. The van der Waals surface area contributed by atoms with Crippen LogP contribution >= 0.6 is 0 Å². The van der Waals surface area contributed by atoms with Crippen molar-refractivity contribution in [1.29, 1.82) is 0 Å². The van der Waals surface area contributed by atoms with Gasteiger partial charge in [0.25, 0.3) is 11.8 Å². The summed E-state index contributed by atoms with van der Waals surface area (Å²) in [4.78, 5) is 37.0. The van der Waals surface area contributed by atoms with Gasteiger partial charge in [0.05, 0.1) is 30.1 Å². The number of amides is 2. The molecule has 0 aromatic heterocycles. The Morgan fingerprint density at radius 3 is 2.30 bits per heavy atom. The third kappa shape index (κ3) is 1.11. The lowest BCUT2D eigenvalue weighted by Crippen LogP contribution is -2.40. The molecule has 104 valence electrons. The van der Waals surface area contributed by atoms with Gasteiger partial charge in [-0.05, 0) is 12.8 Å². The lowest BCUT2D eigenvalue weighted by Gasteiger charge is -2.19. The summed E-state index contributed by atoms with van der Waals surface area (Å²) in [5.41, 5.74) is 0. The molecule has 0 aromatic rings. The minimum atomic E-state index is -0.379. The van der Waals surface area contributed by atoms with Gasteiger partial charge < -0.3 is 4.74 Å². The number of carbonyl (C=O) groups excluding carboxylic acids is 3. The van der Waals surface area contributed by atoms with Crippen molar-refractivity contribution < 1.29 is 19.1 Å². The summed E-state index contributed by atoms with van der Waals surface area (Å²) < 4.78 is 5.60. The fourth-order valence-corrected chi connectivity index (χ4v) is 4.34. The highest BCUT2D eigenvalue weighted by Gasteiger charge is 2.67. The van der Waals surface area contributed by atoms with E-state index in [2.05, 4.69) is 0 Å². The summed E-state index contributed by atoms with van der Waals surface area (Å²) in [6.45, 7) is 0. The van der Waals surface area contributed by atoms with Gasteiger partial charge in [-0.25, -0.2) is 5.01 Å². The van der Waals surface area contributed by atoms with Crippen LogP contribution in [0.3, 0.4) is 0 Å². The Bertz CT molecular complexity index is 556. The van der Waals surface area contributed by atoms with E-state index in [1.165, 1.54) is 5.01 Å². The van der Waals surface area contributed by atoms with Gasteiger partial charge in [0.2, 0.25) is 0 Å². The van der Waals surface area contributed by atoms with E-state index in [4.69, 9.17) is 4.74 Å². The number of ketones is 1. The topological polar surface area (TPSA) is 66.7 Å². The van der Waals surface area contributed by atoms with Crippen LogP contribution in [0.1, 0.15) is 19.3 Å². The normalized spacial score (nSPS) is 51.7. The van der Waals surface area contributed by atoms with E-state index >= 15 is 0 Å². The number of hydrazine groups is 1. The molecule has 4 fully saturated rings.